The maximum absolute atomic E-state index is 13.2. The van der Waals surface area contributed by atoms with E-state index in [-0.39, 0.29) is 33.3 Å². The number of aromatic nitrogens is 4. The van der Waals surface area contributed by atoms with Crippen molar-refractivity contribution in [1.82, 2.24) is 19.7 Å². The molecule has 0 saturated heterocycles. The van der Waals surface area contributed by atoms with Crippen molar-refractivity contribution in [3.8, 4) is 5.82 Å². The lowest BCUT2D eigenvalue weighted by molar-refractivity contribution is -0.140. The highest BCUT2D eigenvalue weighted by atomic mass is 79.9. The highest BCUT2D eigenvalue weighted by Gasteiger charge is 2.33. The molecule has 4 aromatic rings. The molecular weight excluding hydrogens is 541 g/mol. The number of anilines is 1. The van der Waals surface area contributed by atoms with E-state index < -0.39 is 23.7 Å². The Labute approximate surface area is 203 Å². The Morgan fingerprint density at radius 2 is 1.94 bits per heavy atom. The minimum Gasteiger partial charge on any atom is -0.366 e. The zero-order chi connectivity index (χ0) is 24.8. The fraction of sp³-hybridized carbons (Fsp3) is 0.0952. The third-order valence-corrected chi connectivity index (χ3v) is 5.58. The second-order valence-electron chi connectivity index (χ2n) is 7.08. The molecule has 8 nitrogen and oxygen atoms in total. The van der Waals surface area contributed by atoms with E-state index in [0.29, 0.717) is 15.6 Å². The zero-order valence-electron chi connectivity index (χ0n) is 17.1. The number of halogens is 5. The molecule has 0 spiro atoms. The van der Waals surface area contributed by atoms with Crippen LogP contribution in [0.4, 0.5) is 18.9 Å². The quantitative estimate of drug-likeness (QED) is 0.373. The summed E-state index contributed by atoms with van der Waals surface area (Å²) in [6, 6.07) is 7.74. The van der Waals surface area contributed by atoms with Crippen LogP contribution in [-0.2, 0) is 6.18 Å². The number of nitrogens with one attached hydrogen (secondary N) is 1. The van der Waals surface area contributed by atoms with Gasteiger partial charge >= 0.3 is 6.18 Å². The first kappa shape index (κ1) is 23.6. The molecular formula is C21H13BrClF3N6O2. The maximum Gasteiger partial charge on any atom is 0.433 e. The lowest BCUT2D eigenvalue weighted by atomic mass is 10.0. The van der Waals surface area contributed by atoms with Gasteiger partial charge in [0.2, 0.25) is 0 Å². The van der Waals surface area contributed by atoms with Crippen LogP contribution >= 0.6 is 27.5 Å². The molecule has 3 heterocycles. The van der Waals surface area contributed by atoms with Crippen molar-refractivity contribution >= 4 is 55.9 Å². The Kier molecular flexibility index (Phi) is 6.04. The molecule has 3 aromatic heterocycles. The SMILES string of the molecule is Cc1c(NC(=O)c2cc(Br)nn2-c2ncccc2Cl)c(C(N)=O)cc2nc(C(F)(F)F)ccc12. The standard InChI is InChI=1S/C21H13BrClF3N6O2/c1-9-10-4-5-15(21(24,25)26)29-13(10)7-11(18(27)33)17(9)30-20(34)14-8-16(22)31-32(14)19-12(23)3-2-6-28-19/h2-8H,1H3,(H2,27,33)(H,30,34). The fourth-order valence-corrected chi connectivity index (χ4v) is 3.92. The van der Waals surface area contributed by atoms with Crippen molar-refractivity contribution < 1.29 is 22.8 Å². The average molecular weight is 554 g/mol. The van der Waals surface area contributed by atoms with Gasteiger partial charge in [0.25, 0.3) is 11.8 Å². The predicted octanol–water partition coefficient (Wildman–Crippen LogP) is 4.91. The molecule has 3 N–H and O–H groups in total. The third kappa shape index (κ3) is 4.33. The van der Waals surface area contributed by atoms with Gasteiger partial charge in [-0.3, -0.25) is 9.59 Å². The summed E-state index contributed by atoms with van der Waals surface area (Å²) in [7, 11) is 0. The number of fused-ring (bicyclic) bond motifs is 1. The minimum atomic E-state index is -4.67. The van der Waals surface area contributed by atoms with Gasteiger partial charge in [-0.25, -0.2) is 14.6 Å². The lowest BCUT2D eigenvalue weighted by Crippen LogP contribution is -2.22. The Hall–Kier alpha value is -3.51. The molecule has 0 fully saturated rings. The van der Waals surface area contributed by atoms with E-state index in [2.05, 4.69) is 36.3 Å². The van der Waals surface area contributed by atoms with E-state index in [1.54, 1.807) is 12.1 Å². The Balaban J connectivity index is 1.82. The summed E-state index contributed by atoms with van der Waals surface area (Å²) < 4.78 is 40.8. The number of nitrogens with two attached hydrogens (primary N) is 1. The second-order valence-corrected chi connectivity index (χ2v) is 8.30. The van der Waals surface area contributed by atoms with Crippen LogP contribution in [0.1, 0.15) is 32.1 Å². The van der Waals surface area contributed by atoms with E-state index in [1.165, 1.54) is 29.9 Å². The summed E-state index contributed by atoms with van der Waals surface area (Å²) in [5, 5.41) is 7.33. The number of benzene rings is 1. The number of pyridine rings is 2. The highest BCUT2D eigenvalue weighted by Crippen LogP contribution is 2.33. The van der Waals surface area contributed by atoms with Gasteiger partial charge in [-0.2, -0.15) is 18.3 Å². The highest BCUT2D eigenvalue weighted by molar-refractivity contribution is 9.10. The molecule has 174 valence electrons. The summed E-state index contributed by atoms with van der Waals surface area (Å²) in [4.78, 5) is 33.1. The van der Waals surface area contributed by atoms with E-state index in [9.17, 15) is 22.8 Å². The molecule has 0 radical (unpaired) electrons. The molecule has 0 unspecified atom stereocenters. The van der Waals surface area contributed by atoms with Crippen LogP contribution in [0.2, 0.25) is 5.02 Å². The number of hydrogen-bond donors (Lipinski definition) is 2. The van der Waals surface area contributed by atoms with Crippen LogP contribution in [0.5, 0.6) is 0 Å². The first-order valence-corrected chi connectivity index (χ1v) is 10.6. The number of amides is 2. The lowest BCUT2D eigenvalue weighted by Gasteiger charge is -2.16. The number of primary amides is 1. The third-order valence-electron chi connectivity index (χ3n) is 4.90. The number of alkyl halides is 3. The summed E-state index contributed by atoms with van der Waals surface area (Å²) in [6.07, 6.45) is -3.19. The first-order chi connectivity index (χ1) is 16.0. The minimum absolute atomic E-state index is 0.0212. The molecule has 34 heavy (non-hydrogen) atoms. The zero-order valence-corrected chi connectivity index (χ0v) is 19.5. The van der Waals surface area contributed by atoms with Crippen molar-refractivity contribution in [2.45, 2.75) is 13.1 Å². The number of carbonyl (C=O) groups excluding carboxylic acids is 2. The van der Waals surface area contributed by atoms with Crippen LogP contribution in [0, 0.1) is 6.92 Å². The van der Waals surface area contributed by atoms with Crippen molar-refractivity contribution in [2.75, 3.05) is 5.32 Å². The number of carbonyl (C=O) groups is 2. The largest absolute Gasteiger partial charge is 0.433 e. The Morgan fingerprint density at radius 3 is 2.59 bits per heavy atom. The van der Waals surface area contributed by atoms with E-state index >= 15 is 0 Å². The Morgan fingerprint density at radius 1 is 1.21 bits per heavy atom. The summed E-state index contributed by atoms with van der Waals surface area (Å²) >= 11 is 9.40. The molecule has 2 amide bonds. The van der Waals surface area contributed by atoms with Gasteiger partial charge in [0.15, 0.2) is 5.82 Å². The van der Waals surface area contributed by atoms with Crippen molar-refractivity contribution in [3.63, 3.8) is 0 Å². The normalized spacial score (nSPS) is 11.6. The maximum atomic E-state index is 13.2. The van der Waals surface area contributed by atoms with Crippen LogP contribution < -0.4 is 11.1 Å². The van der Waals surface area contributed by atoms with Gasteiger partial charge in [0.1, 0.15) is 16.0 Å². The fourth-order valence-electron chi connectivity index (χ4n) is 3.35. The molecule has 0 aliphatic rings. The second kappa shape index (κ2) is 8.69. The van der Waals surface area contributed by atoms with Gasteiger partial charge in [-0.15, -0.1) is 0 Å². The molecule has 0 atom stereocenters. The van der Waals surface area contributed by atoms with Crippen LogP contribution in [-0.4, -0.2) is 31.6 Å². The molecule has 13 heteroatoms. The molecule has 0 aliphatic carbocycles. The molecule has 1 aromatic carbocycles. The van der Waals surface area contributed by atoms with Gasteiger partial charge in [-0.1, -0.05) is 17.7 Å². The van der Waals surface area contributed by atoms with Crippen LogP contribution in [0.3, 0.4) is 0 Å². The van der Waals surface area contributed by atoms with E-state index in [4.69, 9.17) is 17.3 Å². The van der Waals surface area contributed by atoms with Crippen LogP contribution in [0.15, 0.2) is 47.2 Å². The van der Waals surface area contributed by atoms with Crippen molar-refractivity contribution in [2.24, 2.45) is 5.73 Å². The first-order valence-electron chi connectivity index (χ1n) is 9.46. The summed E-state index contributed by atoms with van der Waals surface area (Å²) in [5.41, 5.74) is 4.41. The monoisotopic (exact) mass is 552 g/mol. The number of hydrogen-bond acceptors (Lipinski definition) is 5. The smallest absolute Gasteiger partial charge is 0.366 e. The molecule has 0 bridgehead atoms. The van der Waals surface area contributed by atoms with Gasteiger partial charge < -0.3 is 11.1 Å². The van der Waals surface area contributed by atoms with Crippen molar-refractivity contribution in [3.05, 3.63) is 74.7 Å². The summed E-state index contributed by atoms with van der Waals surface area (Å²) in [5.74, 6) is -1.46. The number of aryl methyl sites for hydroxylation is 1. The van der Waals surface area contributed by atoms with Gasteiger partial charge in [0.05, 0.1) is 21.8 Å². The topological polar surface area (TPSA) is 116 Å². The van der Waals surface area contributed by atoms with E-state index in [0.717, 1.165) is 12.1 Å². The number of nitrogens with zero attached hydrogens (tertiary/aromatic N) is 4. The van der Waals surface area contributed by atoms with Crippen LogP contribution in [0.25, 0.3) is 16.7 Å². The van der Waals surface area contributed by atoms with Gasteiger partial charge in [0, 0.05) is 17.6 Å². The average Bonchev–Trinajstić information content (AvgIpc) is 3.16. The van der Waals surface area contributed by atoms with Crippen molar-refractivity contribution in [1.29, 1.82) is 0 Å². The Bertz CT molecular complexity index is 1470. The molecule has 4 rings (SSSR count). The molecule has 0 saturated carbocycles. The van der Waals surface area contributed by atoms with Gasteiger partial charge in [-0.05, 0) is 52.7 Å². The van der Waals surface area contributed by atoms with E-state index in [1.807, 2.05) is 0 Å². The summed E-state index contributed by atoms with van der Waals surface area (Å²) in [6.45, 7) is 1.53. The predicted molar refractivity (Wildman–Crippen MR) is 122 cm³/mol. The molecule has 0 aliphatic heterocycles. The number of rotatable bonds is 4.